The minimum atomic E-state index is -0.527. The summed E-state index contributed by atoms with van der Waals surface area (Å²) in [4.78, 5) is 16.0. The number of nitrogens with zero attached hydrogens (tertiary/aromatic N) is 2. The monoisotopic (exact) mass is 262 g/mol. The second-order valence-electron chi connectivity index (χ2n) is 5.18. The summed E-state index contributed by atoms with van der Waals surface area (Å²) < 4.78 is 0. The van der Waals surface area contributed by atoms with Crippen LogP contribution in [-0.2, 0) is 4.79 Å². The SMILES string of the molecule is C[C@H](O)c1ccccc1N(C)CC(=O)N1CCCC1. The number of rotatable bonds is 4. The molecule has 1 aromatic carbocycles. The molecule has 1 aliphatic heterocycles. The first-order chi connectivity index (χ1) is 9.09. The van der Waals surface area contributed by atoms with Gasteiger partial charge >= 0.3 is 0 Å². The Morgan fingerprint density at radius 3 is 2.63 bits per heavy atom. The summed E-state index contributed by atoms with van der Waals surface area (Å²) >= 11 is 0. The van der Waals surface area contributed by atoms with Gasteiger partial charge in [0.2, 0.25) is 5.91 Å². The molecule has 1 aromatic rings. The van der Waals surface area contributed by atoms with Crippen molar-refractivity contribution in [2.45, 2.75) is 25.9 Å². The van der Waals surface area contributed by atoms with Gasteiger partial charge in [-0.15, -0.1) is 0 Å². The zero-order chi connectivity index (χ0) is 13.8. The van der Waals surface area contributed by atoms with E-state index in [1.54, 1.807) is 6.92 Å². The van der Waals surface area contributed by atoms with Crippen LogP contribution in [0.25, 0.3) is 0 Å². The molecule has 104 valence electrons. The van der Waals surface area contributed by atoms with E-state index in [0.29, 0.717) is 6.54 Å². The number of likely N-dealkylation sites (N-methyl/N-ethyl adjacent to an activating group) is 1. The highest BCUT2D eigenvalue weighted by atomic mass is 16.3. The van der Waals surface area contributed by atoms with Crippen molar-refractivity contribution in [1.82, 2.24) is 4.90 Å². The van der Waals surface area contributed by atoms with Crippen LogP contribution in [-0.4, -0.2) is 42.6 Å². The van der Waals surface area contributed by atoms with Gasteiger partial charge in [-0.2, -0.15) is 0 Å². The van der Waals surface area contributed by atoms with Crippen LogP contribution in [0, 0.1) is 0 Å². The molecule has 0 radical (unpaired) electrons. The van der Waals surface area contributed by atoms with Gasteiger partial charge in [0.05, 0.1) is 12.6 Å². The fourth-order valence-electron chi connectivity index (χ4n) is 2.54. The van der Waals surface area contributed by atoms with Crippen LogP contribution in [0.3, 0.4) is 0 Å². The van der Waals surface area contributed by atoms with Gasteiger partial charge < -0.3 is 14.9 Å². The van der Waals surface area contributed by atoms with E-state index in [4.69, 9.17) is 0 Å². The number of benzene rings is 1. The second-order valence-corrected chi connectivity index (χ2v) is 5.18. The van der Waals surface area contributed by atoms with E-state index in [0.717, 1.165) is 37.2 Å². The molecule has 0 aliphatic carbocycles. The Bertz CT molecular complexity index is 440. The number of hydrogen-bond acceptors (Lipinski definition) is 3. The number of likely N-dealkylation sites (tertiary alicyclic amines) is 1. The summed E-state index contributed by atoms with van der Waals surface area (Å²) in [7, 11) is 1.90. The van der Waals surface area contributed by atoms with Crippen molar-refractivity contribution in [2.75, 3.05) is 31.6 Å². The molecule has 1 saturated heterocycles. The Balaban J connectivity index is 2.07. The van der Waals surface area contributed by atoms with E-state index < -0.39 is 6.10 Å². The number of hydrogen-bond donors (Lipinski definition) is 1. The van der Waals surface area contributed by atoms with Gasteiger partial charge in [0, 0.05) is 31.4 Å². The molecule has 1 atom stereocenters. The van der Waals surface area contributed by atoms with E-state index in [1.165, 1.54) is 0 Å². The molecule has 1 N–H and O–H groups in total. The number of carbonyl (C=O) groups is 1. The van der Waals surface area contributed by atoms with Crippen molar-refractivity contribution in [2.24, 2.45) is 0 Å². The molecule has 2 rings (SSSR count). The minimum absolute atomic E-state index is 0.167. The molecular weight excluding hydrogens is 240 g/mol. The first-order valence-electron chi connectivity index (χ1n) is 6.85. The summed E-state index contributed by atoms with van der Waals surface area (Å²) in [5.41, 5.74) is 1.78. The van der Waals surface area contributed by atoms with Gasteiger partial charge in [-0.3, -0.25) is 4.79 Å². The van der Waals surface area contributed by atoms with Crippen LogP contribution >= 0.6 is 0 Å². The van der Waals surface area contributed by atoms with Gasteiger partial charge in [0.15, 0.2) is 0 Å². The third kappa shape index (κ3) is 3.26. The summed E-state index contributed by atoms with van der Waals surface area (Å²) in [6.45, 7) is 3.87. The fourth-order valence-corrected chi connectivity index (χ4v) is 2.54. The lowest BCUT2D eigenvalue weighted by Crippen LogP contribution is -2.37. The average Bonchev–Trinajstić information content (AvgIpc) is 2.92. The maximum absolute atomic E-state index is 12.1. The Labute approximate surface area is 114 Å². The van der Waals surface area contributed by atoms with Crippen molar-refractivity contribution in [3.8, 4) is 0 Å². The molecule has 1 fully saturated rings. The van der Waals surface area contributed by atoms with Gasteiger partial charge in [-0.05, 0) is 25.8 Å². The predicted octanol–water partition coefficient (Wildman–Crippen LogP) is 1.80. The van der Waals surface area contributed by atoms with Crippen LogP contribution in [0.15, 0.2) is 24.3 Å². The van der Waals surface area contributed by atoms with Crippen molar-refractivity contribution in [1.29, 1.82) is 0 Å². The zero-order valence-electron chi connectivity index (χ0n) is 11.7. The minimum Gasteiger partial charge on any atom is -0.389 e. The van der Waals surface area contributed by atoms with E-state index in [1.807, 2.05) is 41.1 Å². The average molecular weight is 262 g/mol. The van der Waals surface area contributed by atoms with Crippen LogP contribution in [0.5, 0.6) is 0 Å². The van der Waals surface area contributed by atoms with Gasteiger partial charge in [-0.25, -0.2) is 0 Å². The van der Waals surface area contributed by atoms with Crippen LogP contribution in [0.1, 0.15) is 31.4 Å². The molecule has 0 bridgehead atoms. The van der Waals surface area contributed by atoms with Crippen molar-refractivity contribution >= 4 is 11.6 Å². The molecule has 0 saturated carbocycles. The van der Waals surface area contributed by atoms with Gasteiger partial charge in [0.25, 0.3) is 0 Å². The number of amides is 1. The van der Waals surface area contributed by atoms with Crippen molar-refractivity contribution < 1.29 is 9.90 Å². The molecule has 1 aliphatic rings. The molecule has 4 nitrogen and oxygen atoms in total. The molecule has 1 amide bonds. The third-order valence-electron chi connectivity index (χ3n) is 3.63. The quantitative estimate of drug-likeness (QED) is 0.900. The molecule has 1 heterocycles. The number of aliphatic hydroxyl groups excluding tert-OH is 1. The summed E-state index contributed by atoms with van der Waals surface area (Å²) in [6, 6.07) is 7.68. The standard InChI is InChI=1S/C15H22N2O2/c1-12(18)13-7-3-4-8-14(13)16(2)11-15(19)17-9-5-6-10-17/h3-4,7-8,12,18H,5-6,9-11H2,1-2H3/t12-/m0/s1. The number of para-hydroxylation sites is 1. The Kier molecular flexibility index (Phi) is 4.43. The lowest BCUT2D eigenvalue weighted by Gasteiger charge is -2.25. The molecule has 0 spiro atoms. The summed E-state index contributed by atoms with van der Waals surface area (Å²) in [6.07, 6.45) is 1.69. The normalized spacial score (nSPS) is 16.5. The first kappa shape index (κ1) is 13.9. The highest BCUT2D eigenvalue weighted by Gasteiger charge is 2.20. The molecule has 19 heavy (non-hydrogen) atoms. The Morgan fingerprint density at radius 2 is 2.00 bits per heavy atom. The summed E-state index contributed by atoms with van der Waals surface area (Å²) in [5.74, 6) is 0.167. The topological polar surface area (TPSA) is 43.8 Å². The van der Waals surface area contributed by atoms with Crippen LogP contribution in [0.2, 0.25) is 0 Å². The van der Waals surface area contributed by atoms with E-state index >= 15 is 0 Å². The zero-order valence-corrected chi connectivity index (χ0v) is 11.7. The lowest BCUT2D eigenvalue weighted by molar-refractivity contribution is -0.128. The number of aliphatic hydroxyl groups is 1. The Morgan fingerprint density at radius 1 is 1.37 bits per heavy atom. The largest absolute Gasteiger partial charge is 0.389 e. The smallest absolute Gasteiger partial charge is 0.242 e. The maximum atomic E-state index is 12.1. The fraction of sp³-hybridized carbons (Fsp3) is 0.533. The summed E-state index contributed by atoms with van der Waals surface area (Å²) in [5, 5.41) is 9.78. The predicted molar refractivity (Wildman–Crippen MR) is 76.2 cm³/mol. The first-order valence-corrected chi connectivity index (χ1v) is 6.85. The third-order valence-corrected chi connectivity index (χ3v) is 3.63. The van der Waals surface area contributed by atoms with Crippen molar-refractivity contribution in [3.05, 3.63) is 29.8 Å². The number of anilines is 1. The van der Waals surface area contributed by atoms with E-state index in [-0.39, 0.29) is 5.91 Å². The van der Waals surface area contributed by atoms with Crippen LogP contribution in [0.4, 0.5) is 5.69 Å². The highest BCUT2D eigenvalue weighted by Crippen LogP contribution is 2.25. The molecule has 0 aromatic heterocycles. The maximum Gasteiger partial charge on any atom is 0.242 e. The Hall–Kier alpha value is -1.55. The second kappa shape index (κ2) is 6.06. The van der Waals surface area contributed by atoms with Crippen molar-refractivity contribution in [3.63, 3.8) is 0 Å². The highest BCUT2D eigenvalue weighted by molar-refractivity contribution is 5.82. The van der Waals surface area contributed by atoms with Gasteiger partial charge in [-0.1, -0.05) is 18.2 Å². The molecule has 0 unspecified atom stereocenters. The van der Waals surface area contributed by atoms with E-state index in [2.05, 4.69) is 0 Å². The van der Waals surface area contributed by atoms with E-state index in [9.17, 15) is 9.90 Å². The molecule has 4 heteroatoms. The van der Waals surface area contributed by atoms with Crippen LogP contribution < -0.4 is 4.90 Å². The number of carbonyl (C=O) groups excluding carboxylic acids is 1. The lowest BCUT2D eigenvalue weighted by atomic mass is 10.1. The molecular formula is C15H22N2O2. The van der Waals surface area contributed by atoms with Gasteiger partial charge in [0.1, 0.15) is 0 Å².